The summed E-state index contributed by atoms with van der Waals surface area (Å²) in [4.78, 5) is 17.4. The van der Waals surface area contributed by atoms with Crippen LogP contribution in [0.5, 0.6) is 0 Å². The minimum absolute atomic E-state index is 0.113. The van der Waals surface area contributed by atoms with Crippen molar-refractivity contribution in [1.29, 1.82) is 0 Å². The van der Waals surface area contributed by atoms with E-state index in [1.165, 1.54) is 16.9 Å². The maximum absolute atomic E-state index is 12.3. The molecule has 3 aromatic rings. The fraction of sp³-hybridized carbons (Fsp3) is 0.222. The molecule has 0 atom stereocenters. The largest absolute Gasteiger partial charge is 0.319 e. The first-order valence-corrected chi connectivity index (χ1v) is 8.94. The van der Waals surface area contributed by atoms with Gasteiger partial charge in [0, 0.05) is 11.5 Å². The molecule has 0 saturated heterocycles. The normalized spacial score (nSPS) is 12.1. The molecule has 0 spiro atoms. The van der Waals surface area contributed by atoms with Crippen LogP contribution in [0.4, 0.5) is 0 Å². The van der Waals surface area contributed by atoms with E-state index in [0.29, 0.717) is 6.42 Å². The highest BCUT2D eigenvalue weighted by atomic mass is 79.9. The lowest BCUT2D eigenvalue weighted by atomic mass is 10.0. The maximum Gasteiger partial charge on any atom is 0.252 e. The summed E-state index contributed by atoms with van der Waals surface area (Å²) in [6, 6.07) is 12.2. The predicted molar refractivity (Wildman–Crippen MR) is 98.7 cm³/mol. The van der Waals surface area contributed by atoms with Crippen LogP contribution in [0, 0.1) is 13.8 Å². The summed E-state index contributed by atoms with van der Waals surface area (Å²) < 4.78 is 4.10. The topological polar surface area (TPSA) is 34.4 Å². The van der Waals surface area contributed by atoms with Gasteiger partial charge in [-0.3, -0.25) is 4.79 Å². The zero-order chi connectivity index (χ0) is 16.6. The van der Waals surface area contributed by atoms with Crippen molar-refractivity contribution in [2.24, 2.45) is 12.0 Å². The van der Waals surface area contributed by atoms with Gasteiger partial charge in [0.05, 0.1) is 16.6 Å². The SMILES string of the molecule is Cc1ccc(CC(=O)N=c2sc3cc(Br)ccc3n2C)c(C)c1. The molecule has 118 valence electrons. The Morgan fingerprint density at radius 3 is 2.74 bits per heavy atom. The number of rotatable bonds is 2. The van der Waals surface area contributed by atoms with Gasteiger partial charge in [0.1, 0.15) is 0 Å². The summed E-state index contributed by atoms with van der Waals surface area (Å²) in [5.74, 6) is -0.113. The van der Waals surface area contributed by atoms with Crippen molar-refractivity contribution in [3.8, 4) is 0 Å². The fourth-order valence-corrected chi connectivity index (χ4v) is 4.16. The first-order chi connectivity index (χ1) is 10.9. The molecule has 0 aliphatic heterocycles. The van der Waals surface area contributed by atoms with Crippen molar-refractivity contribution in [2.45, 2.75) is 20.3 Å². The summed E-state index contributed by atoms with van der Waals surface area (Å²) >= 11 is 5.00. The number of carbonyl (C=O) groups excluding carboxylic acids is 1. The molecule has 23 heavy (non-hydrogen) atoms. The predicted octanol–water partition coefficient (Wildman–Crippen LogP) is 4.29. The van der Waals surface area contributed by atoms with E-state index < -0.39 is 0 Å². The minimum Gasteiger partial charge on any atom is -0.319 e. The highest BCUT2D eigenvalue weighted by molar-refractivity contribution is 9.10. The molecule has 5 heteroatoms. The smallest absolute Gasteiger partial charge is 0.252 e. The third-order valence-electron chi connectivity index (χ3n) is 3.83. The van der Waals surface area contributed by atoms with Gasteiger partial charge in [-0.05, 0) is 43.2 Å². The van der Waals surface area contributed by atoms with Gasteiger partial charge in [-0.1, -0.05) is 51.0 Å². The fourth-order valence-electron chi connectivity index (χ4n) is 2.57. The van der Waals surface area contributed by atoms with Gasteiger partial charge < -0.3 is 4.57 Å². The quantitative estimate of drug-likeness (QED) is 0.644. The van der Waals surface area contributed by atoms with Crippen LogP contribution in [-0.4, -0.2) is 10.5 Å². The third-order valence-corrected chi connectivity index (χ3v) is 5.42. The van der Waals surface area contributed by atoms with E-state index in [4.69, 9.17) is 0 Å². The maximum atomic E-state index is 12.3. The molecule has 3 rings (SSSR count). The highest BCUT2D eigenvalue weighted by Gasteiger charge is 2.08. The number of hydrogen-bond donors (Lipinski definition) is 0. The van der Waals surface area contributed by atoms with Crippen LogP contribution in [0.15, 0.2) is 45.9 Å². The van der Waals surface area contributed by atoms with Gasteiger partial charge in [-0.15, -0.1) is 0 Å². The molecule has 0 unspecified atom stereocenters. The Bertz CT molecular complexity index is 969. The molecule has 2 aromatic carbocycles. The molecule has 1 heterocycles. The number of hydrogen-bond acceptors (Lipinski definition) is 2. The first-order valence-electron chi connectivity index (χ1n) is 7.33. The van der Waals surface area contributed by atoms with Crippen molar-refractivity contribution in [1.82, 2.24) is 4.57 Å². The van der Waals surface area contributed by atoms with Crippen molar-refractivity contribution in [2.75, 3.05) is 0 Å². The van der Waals surface area contributed by atoms with Gasteiger partial charge in [-0.2, -0.15) is 4.99 Å². The zero-order valence-electron chi connectivity index (χ0n) is 13.3. The van der Waals surface area contributed by atoms with E-state index in [2.05, 4.69) is 33.9 Å². The van der Waals surface area contributed by atoms with E-state index in [9.17, 15) is 4.79 Å². The molecule has 0 radical (unpaired) electrons. The Kier molecular flexibility index (Phi) is 4.50. The van der Waals surface area contributed by atoms with Crippen LogP contribution in [0.25, 0.3) is 10.2 Å². The number of aromatic nitrogens is 1. The zero-order valence-corrected chi connectivity index (χ0v) is 15.7. The number of aryl methyl sites for hydroxylation is 3. The molecule has 0 N–H and O–H groups in total. The summed E-state index contributed by atoms with van der Waals surface area (Å²) in [7, 11) is 1.94. The number of thiazole rings is 1. The summed E-state index contributed by atoms with van der Waals surface area (Å²) in [6.07, 6.45) is 0.337. The second-order valence-corrected chi connectivity index (χ2v) is 7.59. The Balaban J connectivity index is 1.94. The summed E-state index contributed by atoms with van der Waals surface area (Å²) in [6.45, 7) is 4.09. The molecule has 1 amide bonds. The molecule has 0 aliphatic rings. The van der Waals surface area contributed by atoms with Gasteiger partial charge in [0.25, 0.3) is 5.91 Å². The van der Waals surface area contributed by atoms with E-state index in [1.807, 2.05) is 48.9 Å². The van der Waals surface area contributed by atoms with E-state index in [1.54, 1.807) is 0 Å². The van der Waals surface area contributed by atoms with E-state index in [0.717, 1.165) is 30.6 Å². The molecule has 0 saturated carbocycles. The van der Waals surface area contributed by atoms with Gasteiger partial charge in [0.15, 0.2) is 4.80 Å². The number of halogens is 1. The van der Waals surface area contributed by atoms with Crippen molar-refractivity contribution in [3.05, 3.63) is 62.4 Å². The standard InChI is InChI=1S/C18H17BrN2OS/c1-11-4-5-13(12(2)8-11)9-17(22)20-18-21(3)15-7-6-14(19)10-16(15)23-18/h4-8,10H,9H2,1-3H3. The molecule has 0 fully saturated rings. The van der Waals surface area contributed by atoms with Crippen LogP contribution in [-0.2, 0) is 18.3 Å². The summed E-state index contributed by atoms with van der Waals surface area (Å²) in [5.41, 5.74) is 4.46. The third kappa shape index (κ3) is 3.46. The lowest BCUT2D eigenvalue weighted by Gasteiger charge is -2.04. The van der Waals surface area contributed by atoms with E-state index in [-0.39, 0.29) is 5.91 Å². The molecule has 1 aromatic heterocycles. The minimum atomic E-state index is -0.113. The highest BCUT2D eigenvalue weighted by Crippen LogP contribution is 2.21. The number of amides is 1. The van der Waals surface area contributed by atoms with Crippen LogP contribution in [0.1, 0.15) is 16.7 Å². The van der Waals surface area contributed by atoms with Crippen LogP contribution < -0.4 is 4.80 Å². The molecular formula is C18H17BrN2OS. The van der Waals surface area contributed by atoms with Crippen LogP contribution in [0.3, 0.4) is 0 Å². The van der Waals surface area contributed by atoms with Crippen molar-refractivity contribution in [3.63, 3.8) is 0 Å². The van der Waals surface area contributed by atoms with Crippen molar-refractivity contribution >= 4 is 43.4 Å². The second-order valence-electron chi connectivity index (χ2n) is 5.67. The van der Waals surface area contributed by atoms with Gasteiger partial charge in [-0.25, -0.2) is 0 Å². The lowest BCUT2D eigenvalue weighted by molar-refractivity contribution is -0.117. The Morgan fingerprint density at radius 2 is 2.00 bits per heavy atom. The average Bonchev–Trinajstić information content (AvgIpc) is 2.77. The lowest BCUT2D eigenvalue weighted by Crippen LogP contribution is -2.14. The number of carbonyl (C=O) groups is 1. The van der Waals surface area contributed by atoms with Gasteiger partial charge >= 0.3 is 0 Å². The number of nitrogens with zero attached hydrogens (tertiary/aromatic N) is 2. The van der Waals surface area contributed by atoms with Crippen LogP contribution in [0.2, 0.25) is 0 Å². The molecule has 3 nitrogen and oxygen atoms in total. The Labute approximate surface area is 147 Å². The van der Waals surface area contributed by atoms with E-state index >= 15 is 0 Å². The van der Waals surface area contributed by atoms with Crippen LogP contribution >= 0.6 is 27.3 Å². The monoisotopic (exact) mass is 388 g/mol. The average molecular weight is 389 g/mol. The first kappa shape index (κ1) is 16.1. The number of fused-ring (bicyclic) bond motifs is 1. The molecular weight excluding hydrogens is 372 g/mol. The van der Waals surface area contributed by atoms with Crippen molar-refractivity contribution < 1.29 is 4.79 Å². The molecule has 0 aliphatic carbocycles. The van der Waals surface area contributed by atoms with Gasteiger partial charge in [0.2, 0.25) is 0 Å². The Hall–Kier alpha value is -1.72. The number of benzene rings is 2. The second kappa shape index (κ2) is 6.42. The molecule has 0 bridgehead atoms. The summed E-state index contributed by atoms with van der Waals surface area (Å²) in [5, 5.41) is 0. The Morgan fingerprint density at radius 1 is 1.22 bits per heavy atom.